The Bertz CT molecular complexity index is 1380. The average Bonchev–Trinajstić information content (AvgIpc) is 3.04. The van der Waals surface area contributed by atoms with Crippen molar-refractivity contribution in [1.29, 1.82) is 0 Å². The molecule has 46 heavy (non-hydrogen) atoms. The minimum atomic E-state index is -1.26. The second-order valence-corrected chi connectivity index (χ2v) is 12.3. The van der Waals surface area contributed by atoms with Gasteiger partial charge >= 0.3 is 17.9 Å². The number of carboxylic acid groups (broad SMARTS) is 3. The van der Waals surface area contributed by atoms with Crippen molar-refractivity contribution in [1.82, 2.24) is 5.32 Å². The van der Waals surface area contributed by atoms with E-state index in [-0.39, 0.29) is 5.92 Å². The molecule has 9 nitrogen and oxygen atoms in total. The Morgan fingerprint density at radius 1 is 0.783 bits per heavy atom. The van der Waals surface area contributed by atoms with Crippen molar-refractivity contribution in [2.75, 3.05) is 18.8 Å². The maximum absolute atomic E-state index is 12.6. The summed E-state index contributed by atoms with van der Waals surface area (Å²) >= 11 is 12.2. The van der Waals surface area contributed by atoms with E-state index in [4.69, 9.17) is 39.1 Å². The maximum Gasteiger partial charge on any atom is 0.328 e. The largest absolute Gasteiger partial charge is 0.481 e. The molecule has 7 N–H and O–H groups in total. The van der Waals surface area contributed by atoms with Crippen molar-refractivity contribution in [2.24, 2.45) is 17.8 Å². The third-order valence-corrected chi connectivity index (χ3v) is 8.84. The van der Waals surface area contributed by atoms with E-state index in [2.05, 4.69) is 5.32 Å². The molecule has 1 aliphatic rings. The van der Waals surface area contributed by atoms with Crippen molar-refractivity contribution in [3.8, 4) is 0 Å². The van der Waals surface area contributed by atoms with Gasteiger partial charge in [0.25, 0.3) is 0 Å². The first kappa shape index (κ1) is 36.6. The zero-order valence-electron chi connectivity index (χ0n) is 25.3. The number of anilines is 1. The topological polar surface area (TPSA) is 170 Å². The predicted octanol–water partition coefficient (Wildman–Crippen LogP) is 6.64. The van der Waals surface area contributed by atoms with Gasteiger partial charge in [-0.15, -0.1) is 0 Å². The molecule has 1 saturated carbocycles. The van der Waals surface area contributed by atoms with E-state index < -0.39 is 29.9 Å². The average molecular weight is 672 g/mol. The summed E-state index contributed by atoms with van der Waals surface area (Å²) in [7, 11) is 0. The first-order valence-corrected chi connectivity index (χ1v) is 15.8. The molecule has 3 aromatic rings. The summed E-state index contributed by atoms with van der Waals surface area (Å²) in [5, 5.41) is 40.5. The number of nitrogen functional groups attached to an aromatic ring is 1. The molecule has 2 unspecified atom stereocenters. The van der Waals surface area contributed by atoms with E-state index in [9.17, 15) is 24.6 Å². The lowest BCUT2D eigenvalue weighted by atomic mass is 9.72. The second-order valence-electron chi connectivity index (χ2n) is 11.4. The number of hydrogen-bond acceptors (Lipinski definition) is 6. The maximum atomic E-state index is 12.6. The van der Waals surface area contributed by atoms with Gasteiger partial charge in [-0.3, -0.25) is 4.79 Å². The van der Waals surface area contributed by atoms with Crippen molar-refractivity contribution >= 4 is 46.8 Å². The predicted molar refractivity (Wildman–Crippen MR) is 179 cm³/mol. The summed E-state index contributed by atoms with van der Waals surface area (Å²) in [6.07, 6.45) is 5.16. The van der Waals surface area contributed by atoms with Crippen LogP contribution in [0.5, 0.6) is 0 Å². The highest BCUT2D eigenvalue weighted by Crippen LogP contribution is 2.40. The summed E-state index contributed by atoms with van der Waals surface area (Å²) in [5.41, 5.74) is 8.84. The molecular weight excluding hydrogens is 631 g/mol. The number of benzene rings is 3. The summed E-state index contributed by atoms with van der Waals surface area (Å²) in [6.45, 7) is 1.20. The summed E-state index contributed by atoms with van der Waals surface area (Å²) < 4.78 is 0. The van der Waals surface area contributed by atoms with Crippen LogP contribution < -0.4 is 11.1 Å². The van der Waals surface area contributed by atoms with Gasteiger partial charge in [-0.1, -0.05) is 96.7 Å². The lowest BCUT2D eigenvalue weighted by molar-refractivity contribution is -0.143. The van der Waals surface area contributed by atoms with Crippen LogP contribution in [0.15, 0.2) is 84.9 Å². The molecule has 2 atom stereocenters. The van der Waals surface area contributed by atoms with Gasteiger partial charge in [-0.25, -0.2) is 9.59 Å². The highest BCUT2D eigenvalue weighted by molar-refractivity contribution is 6.38. The lowest BCUT2D eigenvalue weighted by Gasteiger charge is -2.33. The van der Waals surface area contributed by atoms with Crippen LogP contribution in [0.2, 0.25) is 10.0 Å². The monoisotopic (exact) mass is 670 g/mol. The number of carbonyl (C=O) groups is 3. The molecule has 0 spiro atoms. The van der Waals surface area contributed by atoms with Gasteiger partial charge in [0.15, 0.2) is 0 Å². The van der Waals surface area contributed by atoms with E-state index in [0.717, 1.165) is 43.4 Å². The van der Waals surface area contributed by atoms with E-state index in [1.54, 1.807) is 12.1 Å². The van der Waals surface area contributed by atoms with Gasteiger partial charge in [0.1, 0.15) is 0 Å². The van der Waals surface area contributed by atoms with Gasteiger partial charge in [0.05, 0.1) is 27.8 Å². The number of rotatable bonds is 13. The minimum absolute atomic E-state index is 0.175. The zero-order valence-corrected chi connectivity index (χ0v) is 26.8. The van der Waals surface area contributed by atoms with Crippen molar-refractivity contribution < 1.29 is 34.8 Å². The number of aliphatic carboxylic acids is 3. The van der Waals surface area contributed by atoms with Crippen LogP contribution in [-0.4, -0.2) is 51.4 Å². The van der Waals surface area contributed by atoms with Crippen LogP contribution >= 0.6 is 23.2 Å². The third-order valence-electron chi connectivity index (χ3n) is 8.22. The Hall–Kier alpha value is -3.89. The first-order valence-electron chi connectivity index (χ1n) is 15.1. The van der Waals surface area contributed by atoms with E-state index in [0.29, 0.717) is 58.2 Å². The first-order chi connectivity index (χ1) is 22.0. The number of carboxylic acids is 3. The highest BCUT2D eigenvalue weighted by atomic mass is 35.5. The highest BCUT2D eigenvalue weighted by Gasteiger charge is 2.34. The standard InChI is InChI=1S/C31H36Cl2N2O3.C4H4O4/c32-26-16-24(17-27(33)30(26)34)28(36)19-35-18-21-13-11-20(12-14-21)15-25(31(37)38)29(22-7-3-1-4-8-22)23-9-5-2-6-10-23;5-3(6)1-2-4(7)8/h1-10,16-17,20-21,25,28-29,35-36H,11-15,18-19,34H2,(H,37,38);1-2H,(H,5,6)(H,7,8)/b;2-1-/t20-,21-,25?,28?;. The number of aliphatic hydroxyl groups excluding tert-OH is 1. The fraction of sp³-hybridized carbons (Fsp3) is 0.343. The molecule has 0 aromatic heterocycles. The number of halogens is 2. The number of nitrogens with one attached hydrogen (secondary N) is 1. The summed E-state index contributed by atoms with van der Waals surface area (Å²) in [4.78, 5) is 31.7. The molecular formula is C35H40Cl2N2O7. The number of hydrogen-bond donors (Lipinski definition) is 6. The molecule has 4 rings (SSSR count). The van der Waals surface area contributed by atoms with Gasteiger partial charge in [0, 0.05) is 24.6 Å². The minimum Gasteiger partial charge on any atom is -0.481 e. The quantitative estimate of drug-likeness (QED) is 0.0861. The van der Waals surface area contributed by atoms with Crippen LogP contribution in [0.25, 0.3) is 0 Å². The van der Waals surface area contributed by atoms with Crippen molar-refractivity contribution in [3.63, 3.8) is 0 Å². The Balaban J connectivity index is 0.000000637. The number of nitrogens with two attached hydrogens (primary N) is 1. The molecule has 0 saturated heterocycles. The molecule has 0 amide bonds. The molecule has 1 fully saturated rings. The van der Waals surface area contributed by atoms with Gasteiger partial charge in [0.2, 0.25) is 0 Å². The van der Waals surface area contributed by atoms with Crippen LogP contribution in [0, 0.1) is 17.8 Å². The van der Waals surface area contributed by atoms with E-state index in [1.165, 1.54) is 0 Å². The summed E-state index contributed by atoms with van der Waals surface area (Å²) in [5.74, 6) is -3.02. The molecule has 246 valence electrons. The van der Waals surface area contributed by atoms with Crippen molar-refractivity contribution in [3.05, 3.63) is 112 Å². The zero-order chi connectivity index (χ0) is 33.6. The molecule has 0 heterocycles. The van der Waals surface area contributed by atoms with Crippen LogP contribution in [0.4, 0.5) is 5.69 Å². The van der Waals surface area contributed by atoms with Crippen LogP contribution in [0.1, 0.15) is 60.8 Å². The Morgan fingerprint density at radius 3 is 1.67 bits per heavy atom. The Kier molecular flexibility index (Phi) is 14.6. The lowest BCUT2D eigenvalue weighted by Crippen LogP contribution is -2.31. The molecule has 0 bridgehead atoms. The molecule has 0 aliphatic heterocycles. The second kappa shape index (κ2) is 18.3. The Morgan fingerprint density at radius 2 is 1.24 bits per heavy atom. The van der Waals surface area contributed by atoms with Crippen LogP contribution in [-0.2, 0) is 14.4 Å². The Labute approximate surface area is 278 Å². The SMILES string of the molecule is Nc1c(Cl)cc(C(O)CNC[C@H]2CC[C@H](CC(C(=O)O)C(c3ccccc3)c3ccccc3)CC2)cc1Cl.O=C(O)/C=C\C(=O)O. The molecule has 3 aromatic carbocycles. The van der Waals surface area contributed by atoms with Gasteiger partial charge in [-0.2, -0.15) is 0 Å². The smallest absolute Gasteiger partial charge is 0.328 e. The fourth-order valence-electron chi connectivity index (χ4n) is 5.87. The number of aliphatic hydroxyl groups is 1. The van der Waals surface area contributed by atoms with Crippen molar-refractivity contribution in [2.45, 2.75) is 44.1 Å². The van der Waals surface area contributed by atoms with E-state index in [1.807, 2.05) is 60.7 Å². The van der Waals surface area contributed by atoms with Gasteiger partial charge < -0.3 is 31.5 Å². The van der Waals surface area contributed by atoms with E-state index >= 15 is 0 Å². The molecule has 0 radical (unpaired) electrons. The fourth-order valence-corrected chi connectivity index (χ4v) is 6.37. The summed E-state index contributed by atoms with van der Waals surface area (Å²) in [6, 6.07) is 23.3. The van der Waals surface area contributed by atoms with Crippen LogP contribution in [0.3, 0.4) is 0 Å². The molecule has 1 aliphatic carbocycles. The third kappa shape index (κ3) is 11.5. The van der Waals surface area contributed by atoms with Gasteiger partial charge in [-0.05, 0) is 66.5 Å². The molecule has 11 heteroatoms. The normalized spacial score (nSPS) is 17.6.